The van der Waals surface area contributed by atoms with E-state index in [2.05, 4.69) is 79.8 Å². The molecule has 3 rings (SSSR count). The molecule has 5 heteroatoms. The summed E-state index contributed by atoms with van der Waals surface area (Å²) in [4.78, 5) is 0. The maximum absolute atomic E-state index is 6.66. The summed E-state index contributed by atoms with van der Waals surface area (Å²) < 4.78 is 19.5. The fourth-order valence-electron chi connectivity index (χ4n) is 4.80. The molecule has 3 atom stereocenters. The molecule has 3 nitrogen and oxygen atoms in total. The first-order chi connectivity index (χ1) is 13.9. The van der Waals surface area contributed by atoms with E-state index in [1.54, 1.807) is 0 Å². The van der Waals surface area contributed by atoms with Crippen LogP contribution in [-0.4, -0.2) is 33.2 Å². The highest BCUT2D eigenvalue weighted by molar-refractivity contribution is 6.63. The summed E-state index contributed by atoms with van der Waals surface area (Å²) in [5.74, 6) is 2.98. The Kier molecular flexibility index (Phi) is 7.16. The standard InChI is InChI=1S/C25H42BO3Si/c1-17(2)21-13-10-18(3)14-23(21)27-20-12-11-19(16-30(8)9)22(15-20)26-28-24(4,5)25(6,7)29-26/h11-12,15,17-18,21,23H,10,13-14,16H2,1-9H3/t18-,21+,23-/m1/s1. The third kappa shape index (κ3) is 5.16. The van der Waals surface area contributed by atoms with E-state index in [0.717, 1.165) is 29.6 Å². The van der Waals surface area contributed by atoms with Crippen LogP contribution in [0, 0.1) is 17.8 Å². The monoisotopic (exact) mass is 429 g/mol. The van der Waals surface area contributed by atoms with Crippen molar-refractivity contribution in [2.45, 2.75) is 104 Å². The molecule has 1 aliphatic carbocycles. The highest BCUT2D eigenvalue weighted by Gasteiger charge is 2.52. The van der Waals surface area contributed by atoms with Crippen LogP contribution in [-0.2, 0) is 15.4 Å². The van der Waals surface area contributed by atoms with Crippen molar-refractivity contribution in [1.29, 1.82) is 0 Å². The highest BCUT2D eigenvalue weighted by atomic mass is 28.3. The fraction of sp³-hybridized carbons (Fsp3) is 0.760. The van der Waals surface area contributed by atoms with E-state index in [-0.39, 0.29) is 18.3 Å². The van der Waals surface area contributed by atoms with Gasteiger partial charge in [0.2, 0.25) is 0 Å². The number of hydrogen-bond acceptors (Lipinski definition) is 3. The lowest BCUT2D eigenvalue weighted by Crippen LogP contribution is -2.41. The average Bonchev–Trinajstić information content (AvgIpc) is 2.83. The Hall–Kier alpha value is -0.778. The van der Waals surface area contributed by atoms with E-state index in [1.807, 2.05) is 0 Å². The third-order valence-corrected chi connectivity index (χ3v) is 8.51. The van der Waals surface area contributed by atoms with Crippen LogP contribution in [0.4, 0.5) is 0 Å². The van der Waals surface area contributed by atoms with Crippen LogP contribution in [0.15, 0.2) is 18.2 Å². The van der Waals surface area contributed by atoms with Crippen LogP contribution in [0.3, 0.4) is 0 Å². The van der Waals surface area contributed by atoms with Gasteiger partial charge in [0.1, 0.15) is 11.9 Å². The minimum Gasteiger partial charge on any atom is -0.490 e. The molecule has 30 heavy (non-hydrogen) atoms. The molecule has 1 aromatic rings. The third-order valence-electron chi connectivity index (χ3n) is 7.42. The first-order valence-corrected chi connectivity index (χ1v) is 14.5. The quantitative estimate of drug-likeness (QED) is 0.546. The number of ether oxygens (including phenoxy) is 1. The maximum Gasteiger partial charge on any atom is 0.495 e. The van der Waals surface area contributed by atoms with Crippen molar-refractivity contribution in [3.8, 4) is 5.75 Å². The van der Waals surface area contributed by atoms with Gasteiger partial charge in [-0.2, -0.15) is 0 Å². The smallest absolute Gasteiger partial charge is 0.490 e. The lowest BCUT2D eigenvalue weighted by molar-refractivity contribution is 0.00578. The molecule has 0 N–H and O–H groups in total. The molecule has 167 valence electrons. The molecule has 2 aliphatic rings. The van der Waals surface area contributed by atoms with Crippen LogP contribution in [0.2, 0.25) is 13.1 Å². The molecule has 1 saturated heterocycles. The zero-order chi connectivity index (χ0) is 22.3. The molecule has 1 saturated carbocycles. The summed E-state index contributed by atoms with van der Waals surface area (Å²) in [7, 11) is -0.745. The van der Waals surface area contributed by atoms with Gasteiger partial charge in [0, 0.05) is 8.80 Å². The number of hydrogen-bond donors (Lipinski definition) is 0. The van der Waals surface area contributed by atoms with Crippen molar-refractivity contribution in [2.75, 3.05) is 0 Å². The SMILES string of the molecule is CC(C)[C@@H]1CC[C@@H](C)C[C@H]1Oc1ccc(C[Si](C)C)c(B2OC(C)(C)C(C)(C)O2)c1. The van der Waals surface area contributed by atoms with Crippen LogP contribution in [0.5, 0.6) is 5.75 Å². The molecule has 0 aromatic heterocycles. The molecule has 0 spiro atoms. The van der Waals surface area contributed by atoms with Gasteiger partial charge in [0.05, 0.1) is 11.2 Å². The van der Waals surface area contributed by atoms with Crippen LogP contribution in [0.25, 0.3) is 0 Å². The molecular formula is C25H42BO3Si. The number of rotatable bonds is 6. The first-order valence-electron chi connectivity index (χ1n) is 11.8. The maximum atomic E-state index is 6.66. The second kappa shape index (κ2) is 8.99. The molecule has 1 radical (unpaired) electrons. The van der Waals surface area contributed by atoms with Gasteiger partial charge in [0.25, 0.3) is 0 Å². The summed E-state index contributed by atoms with van der Waals surface area (Å²) in [6.07, 6.45) is 4.03. The van der Waals surface area contributed by atoms with Crippen molar-refractivity contribution in [3.63, 3.8) is 0 Å². The topological polar surface area (TPSA) is 27.7 Å². The Labute approximate surface area is 187 Å². The predicted octanol–water partition coefficient (Wildman–Crippen LogP) is 5.66. The molecule has 1 aliphatic heterocycles. The zero-order valence-corrected chi connectivity index (χ0v) is 21.7. The lowest BCUT2D eigenvalue weighted by atomic mass is 9.75. The van der Waals surface area contributed by atoms with Crippen LogP contribution >= 0.6 is 0 Å². The van der Waals surface area contributed by atoms with Crippen molar-refractivity contribution >= 4 is 21.4 Å². The van der Waals surface area contributed by atoms with Crippen LogP contribution in [0.1, 0.15) is 73.3 Å². The van der Waals surface area contributed by atoms with Gasteiger partial charge in [-0.15, -0.1) is 0 Å². The molecule has 1 aromatic carbocycles. The minimum atomic E-state index is -0.413. The van der Waals surface area contributed by atoms with Gasteiger partial charge in [-0.25, -0.2) is 0 Å². The van der Waals surface area contributed by atoms with E-state index in [1.165, 1.54) is 18.4 Å². The van der Waals surface area contributed by atoms with Crippen LogP contribution < -0.4 is 10.2 Å². The van der Waals surface area contributed by atoms with E-state index in [9.17, 15) is 0 Å². The highest BCUT2D eigenvalue weighted by Crippen LogP contribution is 2.38. The van der Waals surface area contributed by atoms with Crippen molar-refractivity contribution in [3.05, 3.63) is 23.8 Å². The molecule has 0 bridgehead atoms. The minimum absolute atomic E-state index is 0.294. The first kappa shape index (κ1) is 23.9. The van der Waals surface area contributed by atoms with E-state index in [4.69, 9.17) is 14.0 Å². The molecule has 0 unspecified atom stereocenters. The van der Waals surface area contributed by atoms with E-state index in [0.29, 0.717) is 17.9 Å². The van der Waals surface area contributed by atoms with Crippen molar-refractivity contribution in [1.82, 2.24) is 0 Å². The summed E-state index contributed by atoms with van der Waals surface area (Å²) in [6.45, 7) is 20.2. The Balaban J connectivity index is 1.89. The lowest BCUT2D eigenvalue weighted by Gasteiger charge is -2.37. The van der Waals surface area contributed by atoms with E-state index < -0.39 is 8.80 Å². The molecule has 1 heterocycles. The van der Waals surface area contributed by atoms with Gasteiger partial charge >= 0.3 is 7.12 Å². The Morgan fingerprint density at radius 3 is 2.30 bits per heavy atom. The van der Waals surface area contributed by atoms with Gasteiger partial charge < -0.3 is 14.0 Å². The van der Waals surface area contributed by atoms with E-state index >= 15 is 0 Å². The summed E-state index contributed by atoms with van der Waals surface area (Å²) in [6, 6.07) is 7.74. The fourth-order valence-corrected chi connectivity index (χ4v) is 5.89. The van der Waals surface area contributed by atoms with Gasteiger partial charge in [0.15, 0.2) is 0 Å². The normalized spacial score (nSPS) is 28.4. The average molecular weight is 430 g/mol. The Morgan fingerprint density at radius 1 is 1.10 bits per heavy atom. The molecule has 2 fully saturated rings. The Bertz CT molecular complexity index is 715. The van der Waals surface area contributed by atoms with Crippen molar-refractivity contribution in [2.24, 2.45) is 17.8 Å². The van der Waals surface area contributed by atoms with Gasteiger partial charge in [-0.3, -0.25) is 0 Å². The predicted molar refractivity (Wildman–Crippen MR) is 129 cm³/mol. The largest absolute Gasteiger partial charge is 0.495 e. The Morgan fingerprint density at radius 2 is 1.73 bits per heavy atom. The summed E-state index contributed by atoms with van der Waals surface area (Å²) in [5, 5.41) is 0. The summed E-state index contributed by atoms with van der Waals surface area (Å²) in [5.41, 5.74) is 1.83. The van der Waals surface area contributed by atoms with Crippen molar-refractivity contribution < 1.29 is 14.0 Å². The summed E-state index contributed by atoms with van der Waals surface area (Å²) >= 11 is 0. The molecular weight excluding hydrogens is 387 g/mol. The van der Waals surface area contributed by atoms with Gasteiger partial charge in [-0.1, -0.05) is 51.9 Å². The molecule has 0 amide bonds. The second-order valence-corrected chi connectivity index (χ2v) is 14.1. The second-order valence-electron chi connectivity index (χ2n) is 11.3. The zero-order valence-electron chi connectivity index (χ0n) is 20.7. The number of benzene rings is 1. The van der Waals surface area contributed by atoms with Gasteiger partial charge in [-0.05, 0) is 81.9 Å².